The van der Waals surface area contributed by atoms with Crippen molar-refractivity contribution in [3.63, 3.8) is 0 Å². The van der Waals surface area contributed by atoms with Gasteiger partial charge in [0.2, 0.25) is 0 Å². The molecule has 0 aromatic heterocycles. The largest absolute Gasteiger partial charge is 0.339 e. The Labute approximate surface area is 119 Å². The van der Waals surface area contributed by atoms with Crippen LogP contribution in [0.5, 0.6) is 0 Å². The van der Waals surface area contributed by atoms with E-state index < -0.39 is 5.82 Å². The quantitative estimate of drug-likeness (QED) is 0.660. The van der Waals surface area contributed by atoms with Gasteiger partial charge in [-0.15, -0.1) is 0 Å². The van der Waals surface area contributed by atoms with Crippen LogP contribution in [-0.2, 0) is 0 Å². The van der Waals surface area contributed by atoms with E-state index in [0.29, 0.717) is 11.5 Å². The first kappa shape index (κ1) is 14.8. The molecular formula is C15H22FN3O. The van der Waals surface area contributed by atoms with Crippen molar-refractivity contribution in [1.82, 2.24) is 4.90 Å². The van der Waals surface area contributed by atoms with Gasteiger partial charge in [-0.2, -0.15) is 0 Å². The number of amides is 1. The van der Waals surface area contributed by atoms with Crippen molar-refractivity contribution in [2.24, 2.45) is 11.8 Å². The molecule has 1 heterocycles. The van der Waals surface area contributed by atoms with Crippen LogP contribution in [0.1, 0.15) is 43.0 Å². The normalized spacial score (nSPS) is 19.6. The minimum Gasteiger partial charge on any atom is -0.339 e. The topological polar surface area (TPSA) is 58.4 Å². The number of nitrogens with one attached hydrogen (secondary N) is 1. The molecule has 1 unspecified atom stereocenters. The first-order valence-corrected chi connectivity index (χ1v) is 7.21. The van der Waals surface area contributed by atoms with E-state index in [1.807, 2.05) is 4.90 Å². The molecule has 4 nitrogen and oxygen atoms in total. The van der Waals surface area contributed by atoms with E-state index in [0.717, 1.165) is 38.8 Å². The van der Waals surface area contributed by atoms with Crippen LogP contribution >= 0.6 is 0 Å². The minimum atomic E-state index is -0.500. The third kappa shape index (κ3) is 3.10. The molecule has 1 amide bonds. The number of nitrogens with zero attached hydrogens (tertiary/aromatic N) is 1. The molecule has 20 heavy (non-hydrogen) atoms. The maximum absolute atomic E-state index is 13.7. The van der Waals surface area contributed by atoms with Gasteiger partial charge in [-0.3, -0.25) is 10.6 Å². The zero-order chi connectivity index (χ0) is 14.5. The fourth-order valence-corrected chi connectivity index (χ4v) is 2.80. The van der Waals surface area contributed by atoms with Crippen molar-refractivity contribution in [1.29, 1.82) is 0 Å². The second-order valence-electron chi connectivity index (χ2n) is 5.30. The Kier molecular flexibility index (Phi) is 4.95. The monoisotopic (exact) mass is 279 g/mol. The van der Waals surface area contributed by atoms with E-state index in [1.165, 1.54) is 12.1 Å². The first-order chi connectivity index (χ1) is 9.67. The number of hydrogen-bond donors (Lipinski definition) is 2. The van der Waals surface area contributed by atoms with Gasteiger partial charge in [-0.25, -0.2) is 4.39 Å². The number of hydrogen-bond acceptors (Lipinski definition) is 3. The summed E-state index contributed by atoms with van der Waals surface area (Å²) in [7, 11) is 0. The van der Waals surface area contributed by atoms with Gasteiger partial charge in [0.25, 0.3) is 5.91 Å². The highest BCUT2D eigenvalue weighted by atomic mass is 19.1. The maximum Gasteiger partial charge on any atom is 0.256 e. The Morgan fingerprint density at radius 1 is 1.45 bits per heavy atom. The molecule has 0 aliphatic carbocycles. The summed E-state index contributed by atoms with van der Waals surface area (Å²) >= 11 is 0. The van der Waals surface area contributed by atoms with Crippen molar-refractivity contribution < 1.29 is 9.18 Å². The molecular weight excluding hydrogens is 257 g/mol. The molecule has 1 saturated heterocycles. The first-order valence-electron chi connectivity index (χ1n) is 7.21. The Balaban J connectivity index is 2.17. The zero-order valence-corrected chi connectivity index (χ0v) is 11.9. The fourth-order valence-electron chi connectivity index (χ4n) is 2.80. The number of hydrazine groups is 1. The average Bonchev–Trinajstić information content (AvgIpc) is 2.71. The summed E-state index contributed by atoms with van der Waals surface area (Å²) in [4.78, 5) is 14.4. The molecule has 0 bridgehead atoms. The van der Waals surface area contributed by atoms with Crippen molar-refractivity contribution >= 4 is 11.6 Å². The lowest BCUT2D eigenvalue weighted by molar-refractivity contribution is 0.0760. The lowest BCUT2D eigenvalue weighted by Gasteiger charge is -2.22. The molecule has 1 fully saturated rings. The summed E-state index contributed by atoms with van der Waals surface area (Å²) in [5, 5.41) is 0. The summed E-state index contributed by atoms with van der Waals surface area (Å²) in [5.74, 6) is 5.38. The molecule has 1 atom stereocenters. The third-order valence-corrected chi connectivity index (χ3v) is 4.10. The number of likely N-dealkylation sites (tertiary alicyclic amines) is 1. The molecule has 2 rings (SSSR count). The number of para-hydroxylation sites is 1. The highest BCUT2D eigenvalue weighted by Gasteiger charge is 2.23. The predicted octanol–water partition coefficient (Wildman–Crippen LogP) is 2.76. The second-order valence-corrected chi connectivity index (χ2v) is 5.30. The molecule has 110 valence electrons. The number of rotatable bonds is 3. The SMILES string of the molecule is CCC1CCCN(C(=O)c2cccc(F)c2NN)CC1. The van der Waals surface area contributed by atoms with Gasteiger partial charge >= 0.3 is 0 Å². The number of carbonyl (C=O) groups excluding carboxylic acids is 1. The van der Waals surface area contributed by atoms with Crippen LogP contribution in [0.15, 0.2) is 18.2 Å². The Hall–Kier alpha value is -1.62. The van der Waals surface area contributed by atoms with E-state index in [4.69, 9.17) is 5.84 Å². The molecule has 3 N–H and O–H groups in total. The van der Waals surface area contributed by atoms with Crippen LogP contribution in [0.3, 0.4) is 0 Å². The van der Waals surface area contributed by atoms with Crippen LogP contribution in [0.2, 0.25) is 0 Å². The van der Waals surface area contributed by atoms with E-state index >= 15 is 0 Å². The van der Waals surface area contributed by atoms with E-state index in [9.17, 15) is 9.18 Å². The Morgan fingerprint density at radius 2 is 2.25 bits per heavy atom. The van der Waals surface area contributed by atoms with Gasteiger partial charge in [0, 0.05) is 13.1 Å². The summed E-state index contributed by atoms with van der Waals surface area (Å²) in [6.07, 6.45) is 4.33. The van der Waals surface area contributed by atoms with Crippen LogP contribution in [-0.4, -0.2) is 23.9 Å². The maximum atomic E-state index is 13.7. The number of nitrogens with two attached hydrogens (primary N) is 1. The molecule has 1 aliphatic rings. The molecule has 0 radical (unpaired) electrons. The van der Waals surface area contributed by atoms with Crippen molar-refractivity contribution in [3.05, 3.63) is 29.6 Å². The fraction of sp³-hybridized carbons (Fsp3) is 0.533. The van der Waals surface area contributed by atoms with Crippen LogP contribution in [0.25, 0.3) is 0 Å². The molecule has 0 spiro atoms. The van der Waals surface area contributed by atoms with Gasteiger partial charge in [-0.1, -0.05) is 19.4 Å². The van der Waals surface area contributed by atoms with E-state index in [-0.39, 0.29) is 11.6 Å². The molecule has 1 aliphatic heterocycles. The van der Waals surface area contributed by atoms with E-state index in [2.05, 4.69) is 12.3 Å². The minimum absolute atomic E-state index is 0.0776. The third-order valence-electron chi connectivity index (χ3n) is 4.10. The van der Waals surface area contributed by atoms with Gasteiger partial charge in [-0.05, 0) is 37.3 Å². The predicted molar refractivity (Wildman–Crippen MR) is 77.7 cm³/mol. The average molecular weight is 279 g/mol. The molecule has 1 aromatic carbocycles. The molecule has 0 saturated carbocycles. The summed E-state index contributed by atoms with van der Waals surface area (Å²) < 4.78 is 13.7. The van der Waals surface area contributed by atoms with Gasteiger partial charge in [0.1, 0.15) is 5.82 Å². The zero-order valence-electron chi connectivity index (χ0n) is 11.9. The molecule has 1 aromatic rings. The van der Waals surface area contributed by atoms with Gasteiger partial charge in [0.05, 0.1) is 11.3 Å². The highest BCUT2D eigenvalue weighted by molar-refractivity contribution is 5.99. The number of carbonyl (C=O) groups is 1. The van der Waals surface area contributed by atoms with Crippen LogP contribution in [0, 0.1) is 11.7 Å². The number of anilines is 1. The highest BCUT2D eigenvalue weighted by Crippen LogP contribution is 2.24. The Bertz CT molecular complexity index is 478. The van der Waals surface area contributed by atoms with E-state index in [1.54, 1.807) is 6.07 Å². The standard InChI is InChI=1S/C15H22FN3O/c1-2-11-5-4-9-19(10-8-11)15(20)12-6-3-7-13(16)14(12)18-17/h3,6-7,11,18H,2,4-5,8-10,17H2,1H3. The summed E-state index contributed by atoms with van der Waals surface area (Å²) in [5.41, 5.74) is 2.68. The van der Waals surface area contributed by atoms with Crippen molar-refractivity contribution in [2.75, 3.05) is 18.5 Å². The summed E-state index contributed by atoms with van der Waals surface area (Å²) in [6.45, 7) is 3.65. The van der Waals surface area contributed by atoms with Crippen LogP contribution < -0.4 is 11.3 Å². The Morgan fingerprint density at radius 3 is 2.95 bits per heavy atom. The number of benzene rings is 1. The van der Waals surface area contributed by atoms with Crippen molar-refractivity contribution in [3.8, 4) is 0 Å². The van der Waals surface area contributed by atoms with Crippen LogP contribution in [0.4, 0.5) is 10.1 Å². The lowest BCUT2D eigenvalue weighted by atomic mass is 9.98. The lowest BCUT2D eigenvalue weighted by Crippen LogP contribution is -2.33. The van der Waals surface area contributed by atoms with Gasteiger partial charge < -0.3 is 10.3 Å². The van der Waals surface area contributed by atoms with Gasteiger partial charge in [0.15, 0.2) is 0 Å². The van der Waals surface area contributed by atoms with Crippen molar-refractivity contribution in [2.45, 2.75) is 32.6 Å². The second kappa shape index (κ2) is 6.70. The number of halogens is 1. The molecule has 5 heteroatoms. The summed E-state index contributed by atoms with van der Waals surface area (Å²) in [6, 6.07) is 4.44. The number of nitrogen functional groups attached to an aromatic ring is 1. The smallest absolute Gasteiger partial charge is 0.256 e.